The van der Waals surface area contributed by atoms with Gasteiger partial charge in [0.05, 0.1) is 4.90 Å². The molecular weight excluding hydrogens is 350 g/mol. The van der Waals surface area contributed by atoms with Crippen LogP contribution in [-0.2, 0) is 10.0 Å². The Bertz CT molecular complexity index is 692. The van der Waals surface area contributed by atoms with Crippen LogP contribution >= 0.6 is 12.4 Å². The van der Waals surface area contributed by atoms with Crippen LogP contribution in [0.15, 0.2) is 29.2 Å². The number of benzene rings is 1. The first kappa shape index (κ1) is 19.2. The molecule has 3 rings (SSSR count). The molecule has 1 aromatic carbocycles. The van der Waals surface area contributed by atoms with Crippen molar-refractivity contribution in [2.45, 2.75) is 36.6 Å². The molecule has 1 unspecified atom stereocenters. The standard InChI is InChI=1S/C16H23N3O3S.ClH/c17-14-4-2-8-19(11-14)16(20)13-3-1-5-15(9-13)23(21,22)18-10-12-6-7-12;/h1,3,5,9,12,14,18H,2,4,6-8,10-11,17H2;1H. The number of rotatable bonds is 5. The fourth-order valence-electron chi connectivity index (χ4n) is 2.81. The average molecular weight is 374 g/mol. The monoisotopic (exact) mass is 373 g/mol. The lowest BCUT2D eigenvalue weighted by Crippen LogP contribution is -2.45. The minimum absolute atomic E-state index is 0. The van der Waals surface area contributed by atoms with E-state index in [1.54, 1.807) is 17.0 Å². The molecule has 1 aliphatic heterocycles. The van der Waals surface area contributed by atoms with Crippen molar-refractivity contribution in [3.8, 4) is 0 Å². The largest absolute Gasteiger partial charge is 0.337 e. The maximum atomic E-state index is 12.6. The van der Waals surface area contributed by atoms with E-state index in [1.165, 1.54) is 12.1 Å². The number of piperidine rings is 1. The second-order valence-electron chi connectivity index (χ2n) is 6.48. The SMILES string of the molecule is Cl.NC1CCCN(C(=O)c2cccc(S(=O)(=O)NCC3CC3)c2)C1. The Hall–Kier alpha value is -1.15. The van der Waals surface area contributed by atoms with Crippen molar-refractivity contribution >= 4 is 28.3 Å². The summed E-state index contributed by atoms with van der Waals surface area (Å²) in [7, 11) is -3.56. The number of sulfonamides is 1. The Kier molecular flexibility index (Phi) is 6.25. The summed E-state index contributed by atoms with van der Waals surface area (Å²) >= 11 is 0. The van der Waals surface area contributed by atoms with Gasteiger partial charge in [-0.15, -0.1) is 12.4 Å². The van der Waals surface area contributed by atoms with E-state index in [0.29, 0.717) is 31.1 Å². The molecule has 0 spiro atoms. The summed E-state index contributed by atoms with van der Waals surface area (Å²) in [4.78, 5) is 14.4. The van der Waals surface area contributed by atoms with E-state index in [4.69, 9.17) is 5.73 Å². The van der Waals surface area contributed by atoms with E-state index in [-0.39, 0.29) is 29.3 Å². The lowest BCUT2D eigenvalue weighted by molar-refractivity contribution is 0.0708. The molecule has 24 heavy (non-hydrogen) atoms. The predicted molar refractivity (Wildman–Crippen MR) is 94.7 cm³/mol. The number of nitrogens with one attached hydrogen (secondary N) is 1. The Morgan fingerprint density at radius 2 is 2.04 bits per heavy atom. The van der Waals surface area contributed by atoms with E-state index in [9.17, 15) is 13.2 Å². The highest BCUT2D eigenvalue weighted by molar-refractivity contribution is 7.89. The molecule has 6 nitrogen and oxygen atoms in total. The second kappa shape index (κ2) is 7.82. The van der Waals surface area contributed by atoms with Gasteiger partial charge in [-0.3, -0.25) is 4.79 Å². The van der Waals surface area contributed by atoms with Gasteiger partial charge in [0.2, 0.25) is 10.0 Å². The smallest absolute Gasteiger partial charge is 0.253 e. The number of hydrogen-bond donors (Lipinski definition) is 2. The maximum absolute atomic E-state index is 12.6. The van der Waals surface area contributed by atoms with Gasteiger partial charge in [-0.05, 0) is 49.8 Å². The van der Waals surface area contributed by atoms with Crippen LogP contribution in [0.4, 0.5) is 0 Å². The van der Waals surface area contributed by atoms with E-state index >= 15 is 0 Å². The molecule has 1 saturated carbocycles. The molecule has 134 valence electrons. The molecule has 0 bridgehead atoms. The van der Waals surface area contributed by atoms with Gasteiger partial charge >= 0.3 is 0 Å². The van der Waals surface area contributed by atoms with Crippen molar-refractivity contribution in [1.29, 1.82) is 0 Å². The first-order valence-corrected chi connectivity index (χ1v) is 9.58. The van der Waals surface area contributed by atoms with E-state index in [0.717, 1.165) is 25.7 Å². The van der Waals surface area contributed by atoms with Gasteiger partial charge in [0.1, 0.15) is 0 Å². The van der Waals surface area contributed by atoms with Crippen LogP contribution in [0.3, 0.4) is 0 Å². The van der Waals surface area contributed by atoms with E-state index in [1.807, 2.05) is 0 Å². The number of carbonyl (C=O) groups excluding carboxylic acids is 1. The first-order valence-electron chi connectivity index (χ1n) is 8.10. The van der Waals surface area contributed by atoms with Crippen LogP contribution in [-0.4, -0.2) is 44.9 Å². The molecule has 1 atom stereocenters. The van der Waals surface area contributed by atoms with Crippen LogP contribution in [0.5, 0.6) is 0 Å². The van der Waals surface area contributed by atoms with Gasteiger partial charge in [0.15, 0.2) is 0 Å². The summed E-state index contributed by atoms with van der Waals surface area (Å²) in [6, 6.07) is 6.25. The van der Waals surface area contributed by atoms with Crippen LogP contribution in [0.1, 0.15) is 36.0 Å². The van der Waals surface area contributed by atoms with Gasteiger partial charge in [0, 0.05) is 31.2 Å². The zero-order valence-electron chi connectivity index (χ0n) is 13.5. The highest BCUT2D eigenvalue weighted by atomic mass is 35.5. The molecule has 1 aromatic rings. The molecule has 1 saturated heterocycles. The van der Waals surface area contributed by atoms with E-state index in [2.05, 4.69) is 4.72 Å². The zero-order valence-corrected chi connectivity index (χ0v) is 15.1. The fraction of sp³-hybridized carbons (Fsp3) is 0.562. The van der Waals surface area contributed by atoms with Gasteiger partial charge in [-0.25, -0.2) is 13.1 Å². The summed E-state index contributed by atoms with van der Waals surface area (Å²) in [6.45, 7) is 1.67. The molecule has 2 fully saturated rings. The Morgan fingerprint density at radius 3 is 2.71 bits per heavy atom. The molecule has 3 N–H and O–H groups in total. The molecule has 1 heterocycles. The van der Waals surface area contributed by atoms with Crippen molar-refractivity contribution in [1.82, 2.24) is 9.62 Å². The summed E-state index contributed by atoms with van der Waals surface area (Å²) < 4.78 is 27.2. The minimum atomic E-state index is -3.56. The van der Waals surface area contributed by atoms with Crippen molar-refractivity contribution in [3.63, 3.8) is 0 Å². The number of likely N-dealkylation sites (tertiary alicyclic amines) is 1. The lowest BCUT2D eigenvalue weighted by atomic mass is 10.1. The summed E-state index contributed by atoms with van der Waals surface area (Å²) in [5.41, 5.74) is 6.31. The Balaban J connectivity index is 0.00000208. The normalized spacial score (nSPS) is 21.2. The highest BCUT2D eigenvalue weighted by Gasteiger charge is 2.26. The van der Waals surface area contributed by atoms with Crippen molar-refractivity contribution in [3.05, 3.63) is 29.8 Å². The molecule has 2 aliphatic rings. The van der Waals surface area contributed by atoms with Gasteiger partial charge in [0.25, 0.3) is 5.91 Å². The summed E-state index contributed by atoms with van der Waals surface area (Å²) in [5.74, 6) is 0.309. The number of halogens is 1. The topological polar surface area (TPSA) is 92.5 Å². The van der Waals surface area contributed by atoms with E-state index < -0.39 is 10.0 Å². The predicted octanol–water partition coefficient (Wildman–Crippen LogP) is 1.36. The molecule has 8 heteroatoms. The Morgan fingerprint density at radius 1 is 1.29 bits per heavy atom. The third-order valence-electron chi connectivity index (χ3n) is 4.40. The molecule has 0 aromatic heterocycles. The number of nitrogens with zero attached hydrogens (tertiary/aromatic N) is 1. The summed E-state index contributed by atoms with van der Waals surface area (Å²) in [5, 5.41) is 0. The van der Waals surface area contributed by atoms with Crippen LogP contribution in [0.25, 0.3) is 0 Å². The number of carbonyl (C=O) groups is 1. The highest BCUT2D eigenvalue weighted by Crippen LogP contribution is 2.28. The molecule has 0 radical (unpaired) electrons. The first-order chi connectivity index (χ1) is 11.0. The fourth-order valence-corrected chi connectivity index (χ4v) is 3.97. The lowest BCUT2D eigenvalue weighted by Gasteiger charge is -2.30. The van der Waals surface area contributed by atoms with Crippen LogP contribution in [0.2, 0.25) is 0 Å². The third kappa shape index (κ3) is 4.69. The minimum Gasteiger partial charge on any atom is -0.337 e. The van der Waals surface area contributed by atoms with Crippen molar-refractivity contribution < 1.29 is 13.2 Å². The molecule has 1 aliphatic carbocycles. The van der Waals surface area contributed by atoms with Gasteiger partial charge in [-0.2, -0.15) is 0 Å². The molecule has 1 amide bonds. The van der Waals surface area contributed by atoms with Crippen molar-refractivity contribution in [2.75, 3.05) is 19.6 Å². The van der Waals surface area contributed by atoms with Gasteiger partial charge in [-0.1, -0.05) is 6.07 Å². The maximum Gasteiger partial charge on any atom is 0.253 e. The quantitative estimate of drug-likeness (QED) is 0.815. The average Bonchev–Trinajstić information content (AvgIpc) is 3.37. The van der Waals surface area contributed by atoms with Crippen molar-refractivity contribution in [2.24, 2.45) is 11.7 Å². The van der Waals surface area contributed by atoms with Crippen LogP contribution in [0, 0.1) is 5.92 Å². The second-order valence-corrected chi connectivity index (χ2v) is 8.24. The number of hydrogen-bond acceptors (Lipinski definition) is 4. The number of amides is 1. The van der Waals surface area contributed by atoms with Crippen LogP contribution < -0.4 is 10.5 Å². The molecular formula is C16H24ClN3O3S. The third-order valence-corrected chi connectivity index (χ3v) is 5.82. The number of nitrogens with two attached hydrogens (primary N) is 1. The zero-order chi connectivity index (χ0) is 16.4. The van der Waals surface area contributed by atoms with Gasteiger partial charge < -0.3 is 10.6 Å². The summed E-state index contributed by atoms with van der Waals surface area (Å²) in [6.07, 6.45) is 3.96. The Labute approximate surface area is 149 Å².